The van der Waals surface area contributed by atoms with Crippen molar-refractivity contribution in [2.24, 2.45) is 5.92 Å². The van der Waals surface area contributed by atoms with Gasteiger partial charge in [-0.3, -0.25) is 14.5 Å². The third-order valence-electron chi connectivity index (χ3n) is 4.95. The molecule has 2 rings (SSSR count). The molecular weight excluding hydrogens is 314 g/mol. The third-order valence-corrected chi connectivity index (χ3v) is 4.95. The first-order valence-electron chi connectivity index (χ1n) is 9.26. The molecule has 25 heavy (non-hydrogen) atoms. The smallest absolute Gasteiger partial charge is 0.225 e. The summed E-state index contributed by atoms with van der Waals surface area (Å²) in [4.78, 5) is 29.0. The van der Waals surface area contributed by atoms with Crippen LogP contribution in [0.4, 0.5) is 0 Å². The van der Waals surface area contributed by atoms with Crippen molar-refractivity contribution in [2.75, 3.05) is 32.7 Å². The van der Waals surface area contributed by atoms with Gasteiger partial charge in [-0.05, 0) is 40.7 Å². The van der Waals surface area contributed by atoms with Crippen LogP contribution in [0.5, 0.6) is 0 Å². The van der Waals surface area contributed by atoms with Crippen LogP contribution in [-0.2, 0) is 10.3 Å². The number of hydrogen-bond acceptors (Lipinski definition) is 3. The molecule has 140 valence electrons. The molecule has 0 unspecified atom stereocenters. The van der Waals surface area contributed by atoms with Gasteiger partial charge >= 0.3 is 0 Å². The van der Waals surface area contributed by atoms with Crippen LogP contribution < -0.4 is 0 Å². The van der Waals surface area contributed by atoms with Crippen molar-refractivity contribution in [3.63, 3.8) is 0 Å². The number of carbonyl (C=O) groups is 2. The van der Waals surface area contributed by atoms with Crippen molar-refractivity contribution in [3.05, 3.63) is 23.0 Å². The molecule has 0 aromatic carbocycles. The average Bonchev–Trinajstić information content (AvgIpc) is 2.82. The molecule has 0 N–H and O–H groups in total. The van der Waals surface area contributed by atoms with E-state index in [0.29, 0.717) is 19.6 Å². The predicted molar refractivity (Wildman–Crippen MR) is 101 cm³/mol. The highest BCUT2D eigenvalue weighted by Gasteiger charge is 2.26. The molecular formula is C20H33N3O2. The van der Waals surface area contributed by atoms with Crippen molar-refractivity contribution in [1.29, 1.82) is 0 Å². The van der Waals surface area contributed by atoms with E-state index in [1.807, 2.05) is 31.7 Å². The summed E-state index contributed by atoms with van der Waals surface area (Å²) in [6, 6.07) is 2.02. The third kappa shape index (κ3) is 4.32. The highest BCUT2D eigenvalue weighted by molar-refractivity contribution is 5.99. The molecule has 0 radical (unpaired) electrons. The lowest BCUT2D eigenvalue weighted by atomic mass is 10.1. The maximum Gasteiger partial charge on any atom is 0.225 e. The van der Waals surface area contributed by atoms with E-state index in [1.165, 1.54) is 0 Å². The highest BCUT2D eigenvalue weighted by atomic mass is 16.2. The van der Waals surface area contributed by atoms with Crippen LogP contribution in [0.25, 0.3) is 0 Å². The van der Waals surface area contributed by atoms with Gasteiger partial charge in [-0.25, -0.2) is 0 Å². The standard InChI is InChI=1S/C20H33N3O2/c1-14(2)19(25)22-10-8-21(9-11-22)13-18(24)17-12-15(3)23(16(17)4)20(5,6)7/h12,14H,8-11,13H2,1-7H3. The van der Waals surface area contributed by atoms with Crippen molar-refractivity contribution in [1.82, 2.24) is 14.4 Å². The van der Waals surface area contributed by atoms with Crippen LogP contribution in [0, 0.1) is 19.8 Å². The Morgan fingerprint density at radius 1 is 1.08 bits per heavy atom. The number of amides is 1. The fraction of sp³-hybridized carbons (Fsp3) is 0.700. The number of aryl methyl sites for hydroxylation is 1. The first-order chi connectivity index (χ1) is 11.5. The summed E-state index contributed by atoms with van der Waals surface area (Å²) in [5.74, 6) is 0.419. The Bertz CT molecular complexity index is 645. The number of nitrogens with zero attached hydrogens (tertiary/aromatic N) is 3. The van der Waals surface area contributed by atoms with Crippen molar-refractivity contribution < 1.29 is 9.59 Å². The lowest BCUT2D eigenvalue weighted by molar-refractivity contribution is -0.136. The quantitative estimate of drug-likeness (QED) is 0.787. The second kappa shape index (κ2) is 7.32. The summed E-state index contributed by atoms with van der Waals surface area (Å²) in [5.41, 5.74) is 2.97. The molecule has 1 saturated heterocycles. The Kier molecular flexibility index (Phi) is 5.77. The minimum Gasteiger partial charge on any atom is -0.343 e. The Balaban J connectivity index is 2.02. The minimum atomic E-state index is -0.0322. The molecule has 0 bridgehead atoms. The summed E-state index contributed by atoms with van der Waals surface area (Å²) in [6.07, 6.45) is 0. The first kappa shape index (κ1) is 19.7. The molecule has 5 nitrogen and oxygen atoms in total. The zero-order chi connectivity index (χ0) is 18.9. The van der Waals surface area contributed by atoms with Gasteiger partial charge in [-0.2, -0.15) is 0 Å². The van der Waals surface area contributed by atoms with Gasteiger partial charge in [-0.15, -0.1) is 0 Å². The molecule has 1 aromatic heterocycles. The molecule has 0 saturated carbocycles. The van der Waals surface area contributed by atoms with Gasteiger partial charge in [0.1, 0.15) is 0 Å². The molecule has 0 aliphatic carbocycles. The molecule has 2 heterocycles. The molecule has 0 spiro atoms. The van der Waals surface area contributed by atoms with E-state index < -0.39 is 0 Å². The number of aromatic nitrogens is 1. The Hall–Kier alpha value is -1.62. The SMILES string of the molecule is Cc1cc(C(=O)CN2CCN(C(=O)C(C)C)CC2)c(C)n1C(C)(C)C. The van der Waals surface area contributed by atoms with Crippen LogP contribution in [0.1, 0.15) is 56.4 Å². The Labute approximate surface area is 152 Å². The van der Waals surface area contributed by atoms with Crippen LogP contribution >= 0.6 is 0 Å². The zero-order valence-electron chi connectivity index (χ0n) is 16.8. The van der Waals surface area contributed by atoms with Crippen LogP contribution in [-0.4, -0.2) is 58.8 Å². The topological polar surface area (TPSA) is 45.6 Å². The van der Waals surface area contributed by atoms with E-state index in [2.05, 4.69) is 37.2 Å². The minimum absolute atomic E-state index is 0.0322. The Morgan fingerprint density at radius 2 is 1.64 bits per heavy atom. The van der Waals surface area contributed by atoms with Crippen LogP contribution in [0.3, 0.4) is 0 Å². The molecule has 1 fully saturated rings. The lowest BCUT2D eigenvalue weighted by Crippen LogP contribution is -2.50. The van der Waals surface area contributed by atoms with Gasteiger partial charge in [0.2, 0.25) is 5.91 Å². The number of piperazine rings is 1. The monoisotopic (exact) mass is 347 g/mol. The summed E-state index contributed by atoms with van der Waals surface area (Å²) >= 11 is 0. The van der Waals surface area contributed by atoms with E-state index in [-0.39, 0.29) is 23.1 Å². The Morgan fingerprint density at radius 3 is 2.08 bits per heavy atom. The second-order valence-electron chi connectivity index (χ2n) is 8.47. The largest absolute Gasteiger partial charge is 0.343 e. The van der Waals surface area contributed by atoms with Crippen LogP contribution in [0.2, 0.25) is 0 Å². The highest BCUT2D eigenvalue weighted by Crippen LogP contribution is 2.25. The van der Waals surface area contributed by atoms with E-state index >= 15 is 0 Å². The van der Waals surface area contributed by atoms with Crippen LogP contribution in [0.15, 0.2) is 6.07 Å². The molecule has 5 heteroatoms. The van der Waals surface area contributed by atoms with Crippen molar-refractivity contribution in [2.45, 2.75) is 54.0 Å². The summed E-state index contributed by atoms with van der Waals surface area (Å²) in [6.45, 7) is 17.8. The molecule has 1 aromatic rings. The first-order valence-corrected chi connectivity index (χ1v) is 9.26. The normalized spacial score (nSPS) is 16.6. The number of ketones is 1. The van der Waals surface area contributed by atoms with Crippen molar-refractivity contribution >= 4 is 11.7 Å². The lowest BCUT2D eigenvalue weighted by Gasteiger charge is -2.35. The fourth-order valence-electron chi connectivity index (χ4n) is 3.86. The van der Waals surface area contributed by atoms with Crippen molar-refractivity contribution in [3.8, 4) is 0 Å². The van der Waals surface area contributed by atoms with Gasteiger partial charge < -0.3 is 9.47 Å². The van der Waals surface area contributed by atoms with E-state index in [1.54, 1.807) is 0 Å². The summed E-state index contributed by atoms with van der Waals surface area (Å²) < 4.78 is 2.24. The maximum absolute atomic E-state index is 12.8. The van der Waals surface area contributed by atoms with Gasteiger partial charge in [0.05, 0.1) is 6.54 Å². The zero-order valence-corrected chi connectivity index (χ0v) is 16.8. The maximum atomic E-state index is 12.8. The molecule has 1 aliphatic rings. The van der Waals surface area contributed by atoms with E-state index in [0.717, 1.165) is 30.0 Å². The second-order valence-corrected chi connectivity index (χ2v) is 8.47. The molecule has 1 aliphatic heterocycles. The van der Waals surface area contributed by atoms with Gasteiger partial charge in [0, 0.05) is 54.6 Å². The van der Waals surface area contributed by atoms with E-state index in [4.69, 9.17) is 0 Å². The number of rotatable bonds is 4. The molecule has 1 amide bonds. The average molecular weight is 348 g/mol. The number of Topliss-reactive ketones (excluding diaryl/α,β-unsaturated/α-hetero) is 1. The molecule has 0 atom stereocenters. The van der Waals surface area contributed by atoms with Gasteiger partial charge in [-0.1, -0.05) is 13.8 Å². The number of carbonyl (C=O) groups excluding carboxylic acids is 2. The predicted octanol–water partition coefficient (Wildman–Crippen LogP) is 2.84. The fourth-order valence-corrected chi connectivity index (χ4v) is 3.86. The van der Waals surface area contributed by atoms with E-state index in [9.17, 15) is 9.59 Å². The summed E-state index contributed by atoms with van der Waals surface area (Å²) in [5, 5.41) is 0. The summed E-state index contributed by atoms with van der Waals surface area (Å²) in [7, 11) is 0. The number of hydrogen-bond donors (Lipinski definition) is 0. The van der Waals surface area contributed by atoms with Gasteiger partial charge in [0.25, 0.3) is 0 Å². The van der Waals surface area contributed by atoms with Gasteiger partial charge in [0.15, 0.2) is 5.78 Å².